The van der Waals surface area contributed by atoms with E-state index in [9.17, 15) is 14.4 Å². The molecular weight excluding hydrogens is 404 g/mol. The Morgan fingerprint density at radius 2 is 1.73 bits per heavy atom. The number of benzene rings is 2. The van der Waals surface area contributed by atoms with Gasteiger partial charge in [0.1, 0.15) is 0 Å². The number of nitrogens with one attached hydrogen (secondary N) is 3. The normalized spacial score (nSPS) is 10.2. The number of carbonyl (C=O) groups is 3. The summed E-state index contributed by atoms with van der Waals surface area (Å²) in [6, 6.07) is 15.0. The van der Waals surface area contributed by atoms with Crippen LogP contribution in [0.1, 0.15) is 26.3 Å². The van der Waals surface area contributed by atoms with Crippen LogP contribution in [-0.4, -0.2) is 29.3 Å². The van der Waals surface area contributed by atoms with Crippen molar-refractivity contribution in [2.45, 2.75) is 6.92 Å². The number of rotatable bonds is 6. The molecule has 3 aromatic rings. The number of halogens is 1. The van der Waals surface area contributed by atoms with Crippen LogP contribution in [0.5, 0.6) is 0 Å². The van der Waals surface area contributed by atoms with E-state index >= 15 is 0 Å². The molecule has 2 aromatic carbocycles. The standard InChI is InChI=1S/C22H19ClN4O3/c1-14-7-8-19(18(23)10-14)27-20(28)13-25-21(29)15-4-2-6-17(11-15)26-22(30)16-5-3-9-24-12-16/h2-12H,13H2,1H3,(H,25,29)(H,26,30)(H,27,28). The van der Waals surface area contributed by atoms with E-state index in [-0.39, 0.29) is 12.5 Å². The van der Waals surface area contributed by atoms with E-state index in [1.54, 1.807) is 48.7 Å². The zero-order valence-electron chi connectivity index (χ0n) is 16.1. The molecule has 1 heterocycles. The summed E-state index contributed by atoms with van der Waals surface area (Å²) >= 11 is 6.09. The van der Waals surface area contributed by atoms with Gasteiger partial charge in [0, 0.05) is 23.6 Å². The molecule has 0 bridgehead atoms. The average molecular weight is 423 g/mol. The van der Waals surface area contributed by atoms with Crippen molar-refractivity contribution >= 4 is 40.7 Å². The summed E-state index contributed by atoms with van der Waals surface area (Å²) in [5.74, 6) is -1.19. The number of hydrogen-bond donors (Lipinski definition) is 3. The van der Waals surface area contributed by atoms with Gasteiger partial charge in [-0.1, -0.05) is 23.7 Å². The Labute approximate surface area is 178 Å². The third-order valence-corrected chi connectivity index (χ3v) is 4.43. The van der Waals surface area contributed by atoms with E-state index in [1.807, 2.05) is 13.0 Å². The van der Waals surface area contributed by atoms with Crippen LogP contribution in [-0.2, 0) is 4.79 Å². The van der Waals surface area contributed by atoms with Crippen LogP contribution < -0.4 is 16.0 Å². The van der Waals surface area contributed by atoms with Crippen molar-refractivity contribution in [3.63, 3.8) is 0 Å². The van der Waals surface area contributed by atoms with Crippen molar-refractivity contribution < 1.29 is 14.4 Å². The maximum Gasteiger partial charge on any atom is 0.257 e. The fraction of sp³-hybridized carbons (Fsp3) is 0.0909. The molecular formula is C22H19ClN4O3. The molecule has 0 aliphatic rings. The number of pyridine rings is 1. The number of carbonyl (C=O) groups excluding carboxylic acids is 3. The number of aromatic nitrogens is 1. The first-order valence-corrected chi connectivity index (χ1v) is 9.46. The Bertz CT molecular complexity index is 1090. The first kappa shape index (κ1) is 21.0. The minimum absolute atomic E-state index is 0.227. The minimum atomic E-state index is -0.447. The molecule has 152 valence electrons. The Morgan fingerprint density at radius 1 is 0.933 bits per heavy atom. The predicted octanol–water partition coefficient (Wildman–Crippen LogP) is 3.66. The van der Waals surface area contributed by atoms with Gasteiger partial charge >= 0.3 is 0 Å². The number of aryl methyl sites for hydroxylation is 1. The van der Waals surface area contributed by atoms with Crippen molar-refractivity contribution in [3.05, 3.63) is 88.7 Å². The monoisotopic (exact) mass is 422 g/mol. The summed E-state index contributed by atoms with van der Waals surface area (Å²) in [4.78, 5) is 40.6. The molecule has 0 atom stereocenters. The lowest BCUT2D eigenvalue weighted by atomic mass is 10.1. The summed E-state index contributed by atoms with van der Waals surface area (Å²) < 4.78 is 0. The fourth-order valence-corrected chi connectivity index (χ4v) is 2.90. The van der Waals surface area contributed by atoms with E-state index in [0.29, 0.717) is 27.5 Å². The van der Waals surface area contributed by atoms with Crippen molar-refractivity contribution in [1.82, 2.24) is 10.3 Å². The van der Waals surface area contributed by atoms with Gasteiger partial charge < -0.3 is 16.0 Å². The van der Waals surface area contributed by atoms with Crippen molar-refractivity contribution in [2.24, 2.45) is 0 Å². The smallest absolute Gasteiger partial charge is 0.257 e. The molecule has 0 saturated heterocycles. The second kappa shape index (κ2) is 9.67. The Morgan fingerprint density at radius 3 is 2.47 bits per heavy atom. The maximum absolute atomic E-state index is 12.4. The van der Waals surface area contributed by atoms with Gasteiger partial charge in [0.25, 0.3) is 11.8 Å². The highest BCUT2D eigenvalue weighted by Gasteiger charge is 2.12. The lowest BCUT2D eigenvalue weighted by molar-refractivity contribution is -0.115. The zero-order chi connectivity index (χ0) is 21.5. The zero-order valence-corrected chi connectivity index (χ0v) is 16.9. The van der Waals surface area contributed by atoms with Crippen LogP contribution in [0.2, 0.25) is 5.02 Å². The summed E-state index contributed by atoms with van der Waals surface area (Å²) in [6.45, 7) is 1.67. The summed E-state index contributed by atoms with van der Waals surface area (Å²) in [7, 11) is 0. The topological polar surface area (TPSA) is 100 Å². The van der Waals surface area contributed by atoms with Gasteiger partial charge in [0.15, 0.2) is 0 Å². The Kier molecular flexibility index (Phi) is 6.77. The molecule has 0 saturated carbocycles. The number of hydrogen-bond acceptors (Lipinski definition) is 4. The van der Waals surface area contributed by atoms with Gasteiger partial charge in [-0.15, -0.1) is 0 Å². The summed E-state index contributed by atoms with van der Waals surface area (Å²) in [6.07, 6.45) is 3.02. The van der Waals surface area contributed by atoms with E-state index in [1.165, 1.54) is 12.3 Å². The highest BCUT2D eigenvalue weighted by molar-refractivity contribution is 6.33. The molecule has 0 radical (unpaired) electrons. The molecule has 8 heteroatoms. The maximum atomic E-state index is 12.4. The van der Waals surface area contributed by atoms with Crippen molar-refractivity contribution in [1.29, 1.82) is 0 Å². The number of anilines is 2. The average Bonchev–Trinajstić information content (AvgIpc) is 2.75. The van der Waals surface area contributed by atoms with Crippen LogP contribution in [0.4, 0.5) is 11.4 Å². The molecule has 30 heavy (non-hydrogen) atoms. The lowest BCUT2D eigenvalue weighted by Crippen LogP contribution is -2.33. The van der Waals surface area contributed by atoms with Crippen LogP contribution >= 0.6 is 11.6 Å². The molecule has 3 amide bonds. The van der Waals surface area contributed by atoms with Gasteiger partial charge in [-0.3, -0.25) is 19.4 Å². The van der Waals surface area contributed by atoms with E-state index < -0.39 is 11.8 Å². The van der Waals surface area contributed by atoms with Gasteiger partial charge in [-0.25, -0.2) is 0 Å². The first-order valence-electron chi connectivity index (χ1n) is 9.08. The van der Waals surface area contributed by atoms with Crippen LogP contribution in [0.25, 0.3) is 0 Å². The van der Waals surface area contributed by atoms with Crippen LogP contribution in [0.3, 0.4) is 0 Å². The van der Waals surface area contributed by atoms with E-state index in [0.717, 1.165) is 5.56 Å². The molecule has 1 aromatic heterocycles. The molecule has 7 nitrogen and oxygen atoms in total. The first-order chi connectivity index (χ1) is 14.4. The second-order valence-electron chi connectivity index (χ2n) is 6.49. The third-order valence-electron chi connectivity index (χ3n) is 4.11. The van der Waals surface area contributed by atoms with E-state index in [2.05, 4.69) is 20.9 Å². The highest BCUT2D eigenvalue weighted by Crippen LogP contribution is 2.22. The van der Waals surface area contributed by atoms with Gasteiger partial charge in [-0.05, 0) is 55.0 Å². The Hall–Kier alpha value is -3.71. The molecule has 0 aliphatic heterocycles. The van der Waals surface area contributed by atoms with Crippen LogP contribution in [0.15, 0.2) is 67.0 Å². The van der Waals surface area contributed by atoms with E-state index in [4.69, 9.17) is 11.6 Å². The third kappa shape index (κ3) is 5.65. The summed E-state index contributed by atoms with van der Waals surface area (Å²) in [5.41, 5.74) is 2.61. The number of nitrogens with zero attached hydrogens (tertiary/aromatic N) is 1. The SMILES string of the molecule is Cc1ccc(NC(=O)CNC(=O)c2cccc(NC(=O)c3cccnc3)c2)c(Cl)c1. The second-order valence-corrected chi connectivity index (χ2v) is 6.90. The molecule has 0 unspecified atom stereocenters. The predicted molar refractivity (Wildman–Crippen MR) is 116 cm³/mol. The molecule has 0 fully saturated rings. The van der Waals surface area contributed by atoms with Gasteiger partial charge in [-0.2, -0.15) is 0 Å². The van der Waals surface area contributed by atoms with Crippen molar-refractivity contribution in [2.75, 3.05) is 17.2 Å². The quantitative estimate of drug-likeness (QED) is 0.564. The van der Waals surface area contributed by atoms with Gasteiger partial charge in [0.2, 0.25) is 5.91 Å². The molecule has 0 spiro atoms. The molecule has 3 rings (SSSR count). The summed E-state index contributed by atoms with van der Waals surface area (Å²) in [5, 5.41) is 8.33. The molecule has 3 N–H and O–H groups in total. The van der Waals surface area contributed by atoms with Crippen LogP contribution in [0, 0.1) is 6.92 Å². The minimum Gasteiger partial charge on any atom is -0.343 e. The highest BCUT2D eigenvalue weighted by atomic mass is 35.5. The lowest BCUT2D eigenvalue weighted by Gasteiger charge is -2.10. The molecule has 0 aliphatic carbocycles. The Balaban J connectivity index is 1.57. The fourth-order valence-electron chi connectivity index (χ4n) is 2.62. The van der Waals surface area contributed by atoms with Gasteiger partial charge in [0.05, 0.1) is 22.8 Å². The largest absolute Gasteiger partial charge is 0.343 e. The van der Waals surface area contributed by atoms with Crippen molar-refractivity contribution in [3.8, 4) is 0 Å². The number of amides is 3.